The molecule has 26 heavy (non-hydrogen) atoms. The van der Waals surface area contributed by atoms with Crippen LogP contribution in [0.2, 0.25) is 0 Å². The van der Waals surface area contributed by atoms with E-state index in [1.54, 1.807) is 12.1 Å². The number of nitrogens with two attached hydrogens (primary N) is 1. The standard InChI is InChI=1S/C18H22N4O3.ClH/c19-15-5-3-14(4-6-15)11-13-21-18(23)2-1-12-20-16-7-9-17(10-8-16)22(24)25;/h3-10,20H,1-2,11-13,19H2,(H,21,23);1H. The van der Waals surface area contributed by atoms with Gasteiger partial charge in [-0.2, -0.15) is 0 Å². The minimum absolute atomic E-state index is 0. The van der Waals surface area contributed by atoms with Crippen molar-refractivity contribution in [2.45, 2.75) is 19.3 Å². The molecule has 0 radical (unpaired) electrons. The van der Waals surface area contributed by atoms with Crippen LogP contribution in [0.1, 0.15) is 18.4 Å². The molecule has 0 saturated heterocycles. The van der Waals surface area contributed by atoms with Crippen molar-refractivity contribution in [2.24, 2.45) is 0 Å². The van der Waals surface area contributed by atoms with Crippen LogP contribution in [-0.4, -0.2) is 23.9 Å². The molecule has 0 aliphatic carbocycles. The molecule has 7 nitrogen and oxygen atoms in total. The van der Waals surface area contributed by atoms with Crippen molar-refractivity contribution in [3.8, 4) is 0 Å². The van der Waals surface area contributed by atoms with Gasteiger partial charge in [0.1, 0.15) is 0 Å². The monoisotopic (exact) mass is 378 g/mol. The molecule has 2 aromatic rings. The molecule has 0 spiro atoms. The van der Waals surface area contributed by atoms with Crippen LogP contribution in [-0.2, 0) is 11.2 Å². The SMILES string of the molecule is Cl.Nc1ccc(CCNC(=O)CCCNc2ccc([N+](=O)[O-])cc2)cc1. The van der Waals surface area contributed by atoms with Crippen molar-refractivity contribution in [3.05, 3.63) is 64.2 Å². The number of amides is 1. The van der Waals surface area contributed by atoms with E-state index in [1.165, 1.54) is 12.1 Å². The van der Waals surface area contributed by atoms with Gasteiger partial charge in [0, 0.05) is 43.0 Å². The summed E-state index contributed by atoms with van der Waals surface area (Å²) in [5.41, 5.74) is 8.35. The molecular formula is C18H23ClN4O3. The van der Waals surface area contributed by atoms with Gasteiger partial charge in [-0.05, 0) is 42.7 Å². The third kappa shape index (κ3) is 7.40. The first-order chi connectivity index (χ1) is 12.0. The van der Waals surface area contributed by atoms with Crippen molar-refractivity contribution in [1.29, 1.82) is 0 Å². The number of nitrogens with zero attached hydrogens (tertiary/aromatic N) is 1. The smallest absolute Gasteiger partial charge is 0.269 e. The topological polar surface area (TPSA) is 110 Å². The summed E-state index contributed by atoms with van der Waals surface area (Å²) in [6.45, 7) is 1.22. The fourth-order valence-corrected chi connectivity index (χ4v) is 2.30. The van der Waals surface area contributed by atoms with Gasteiger partial charge in [-0.3, -0.25) is 14.9 Å². The van der Waals surface area contributed by atoms with Crippen LogP contribution in [0.3, 0.4) is 0 Å². The molecule has 2 rings (SSSR count). The van der Waals surface area contributed by atoms with Gasteiger partial charge in [0.2, 0.25) is 5.91 Å². The number of hydrogen-bond acceptors (Lipinski definition) is 5. The third-order valence-corrected chi connectivity index (χ3v) is 3.70. The van der Waals surface area contributed by atoms with Crippen LogP contribution in [0.25, 0.3) is 0 Å². The zero-order valence-corrected chi connectivity index (χ0v) is 15.1. The van der Waals surface area contributed by atoms with Gasteiger partial charge in [0.15, 0.2) is 0 Å². The number of nitro benzene ring substituents is 1. The van der Waals surface area contributed by atoms with Crippen molar-refractivity contribution >= 4 is 35.4 Å². The Morgan fingerprint density at radius 2 is 1.69 bits per heavy atom. The summed E-state index contributed by atoms with van der Waals surface area (Å²) in [6, 6.07) is 13.8. The summed E-state index contributed by atoms with van der Waals surface area (Å²) >= 11 is 0. The molecule has 8 heteroatoms. The van der Waals surface area contributed by atoms with E-state index < -0.39 is 4.92 Å². The van der Waals surface area contributed by atoms with Gasteiger partial charge in [0.25, 0.3) is 5.69 Å². The molecule has 0 aliphatic rings. The van der Waals surface area contributed by atoms with Gasteiger partial charge in [0.05, 0.1) is 4.92 Å². The quantitative estimate of drug-likeness (QED) is 0.268. The summed E-state index contributed by atoms with van der Waals surface area (Å²) in [5.74, 6) is 0.0148. The van der Waals surface area contributed by atoms with E-state index in [9.17, 15) is 14.9 Å². The number of carbonyl (C=O) groups excluding carboxylic acids is 1. The van der Waals surface area contributed by atoms with Gasteiger partial charge in [-0.25, -0.2) is 0 Å². The maximum atomic E-state index is 11.8. The first-order valence-corrected chi connectivity index (χ1v) is 8.14. The maximum absolute atomic E-state index is 11.8. The average Bonchev–Trinajstić information content (AvgIpc) is 2.61. The lowest BCUT2D eigenvalue weighted by Crippen LogP contribution is -2.25. The van der Waals surface area contributed by atoms with Crippen LogP contribution in [0, 0.1) is 10.1 Å². The highest BCUT2D eigenvalue weighted by atomic mass is 35.5. The second kappa shape index (κ2) is 10.9. The molecule has 0 atom stereocenters. The zero-order chi connectivity index (χ0) is 18.1. The average molecular weight is 379 g/mol. The third-order valence-electron chi connectivity index (χ3n) is 3.70. The van der Waals surface area contributed by atoms with E-state index in [0.29, 0.717) is 25.9 Å². The van der Waals surface area contributed by atoms with Gasteiger partial charge in [-0.15, -0.1) is 12.4 Å². The minimum Gasteiger partial charge on any atom is -0.399 e. The Kier molecular flexibility index (Phi) is 8.94. The number of halogens is 1. The van der Waals surface area contributed by atoms with Crippen LogP contribution in [0.5, 0.6) is 0 Å². The number of anilines is 2. The predicted octanol–water partition coefficient (Wildman–Crippen LogP) is 3.15. The molecule has 0 saturated carbocycles. The van der Waals surface area contributed by atoms with Crippen LogP contribution in [0.4, 0.5) is 17.1 Å². The lowest BCUT2D eigenvalue weighted by Gasteiger charge is -2.07. The van der Waals surface area contributed by atoms with Gasteiger partial charge >= 0.3 is 0 Å². The Bertz CT molecular complexity index is 705. The summed E-state index contributed by atoms with van der Waals surface area (Å²) in [5, 5.41) is 16.6. The van der Waals surface area contributed by atoms with Gasteiger partial charge < -0.3 is 16.4 Å². The minimum atomic E-state index is -0.432. The molecule has 4 N–H and O–H groups in total. The Morgan fingerprint density at radius 1 is 1.04 bits per heavy atom. The lowest BCUT2D eigenvalue weighted by atomic mass is 10.1. The van der Waals surface area contributed by atoms with Crippen molar-refractivity contribution in [1.82, 2.24) is 5.32 Å². The Morgan fingerprint density at radius 3 is 2.31 bits per heavy atom. The molecule has 1 amide bonds. The van der Waals surface area contributed by atoms with E-state index in [2.05, 4.69) is 10.6 Å². The van der Waals surface area contributed by atoms with E-state index in [1.807, 2.05) is 24.3 Å². The highest BCUT2D eigenvalue weighted by Crippen LogP contribution is 2.15. The molecule has 2 aromatic carbocycles. The highest BCUT2D eigenvalue weighted by molar-refractivity contribution is 5.85. The highest BCUT2D eigenvalue weighted by Gasteiger charge is 2.04. The lowest BCUT2D eigenvalue weighted by molar-refractivity contribution is -0.384. The number of carbonyl (C=O) groups is 1. The molecule has 0 aliphatic heterocycles. The summed E-state index contributed by atoms with van der Waals surface area (Å²) < 4.78 is 0. The molecule has 0 fully saturated rings. The summed E-state index contributed by atoms with van der Waals surface area (Å²) in [7, 11) is 0. The summed E-state index contributed by atoms with van der Waals surface area (Å²) in [4.78, 5) is 21.9. The Labute approximate surface area is 158 Å². The van der Waals surface area contributed by atoms with Crippen LogP contribution < -0.4 is 16.4 Å². The molecular weight excluding hydrogens is 356 g/mol. The second-order valence-electron chi connectivity index (χ2n) is 5.68. The Hall–Kier alpha value is -2.80. The molecule has 0 aromatic heterocycles. The number of rotatable bonds is 9. The van der Waals surface area contributed by atoms with E-state index in [0.717, 1.165) is 23.4 Å². The maximum Gasteiger partial charge on any atom is 0.269 e. The largest absolute Gasteiger partial charge is 0.399 e. The fraction of sp³-hybridized carbons (Fsp3) is 0.278. The predicted molar refractivity (Wildman–Crippen MR) is 106 cm³/mol. The molecule has 140 valence electrons. The first kappa shape index (κ1) is 21.2. The van der Waals surface area contributed by atoms with Crippen LogP contribution in [0.15, 0.2) is 48.5 Å². The number of non-ortho nitro benzene ring substituents is 1. The number of nitro groups is 1. The van der Waals surface area contributed by atoms with E-state index in [4.69, 9.17) is 5.73 Å². The number of nitrogens with one attached hydrogen (secondary N) is 2. The van der Waals surface area contributed by atoms with Crippen molar-refractivity contribution in [3.63, 3.8) is 0 Å². The van der Waals surface area contributed by atoms with Crippen molar-refractivity contribution < 1.29 is 9.72 Å². The first-order valence-electron chi connectivity index (χ1n) is 8.14. The normalized spacial score (nSPS) is 9.85. The van der Waals surface area contributed by atoms with Crippen molar-refractivity contribution in [2.75, 3.05) is 24.1 Å². The molecule has 0 unspecified atom stereocenters. The fourth-order valence-electron chi connectivity index (χ4n) is 2.30. The zero-order valence-electron chi connectivity index (χ0n) is 14.3. The second-order valence-corrected chi connectivity index (χ2v) is 5.68. The Balaban J connectivity index is 0.00000338. The van der Waals surface area contributed by atoms with Crippen LogP contribution >= 0.6 is 12.4 Å². The summed E-state index contributed by atoms with van der Waals surface area (Å²) in [6.07, 6.45) is 1.89. The number of nitrogen functional groups attached to an aromatic ring is 1. The van der Waals surface area contributed by atoms with Gasteiger partial charge in [-0.1, -0.05) is 12.1 Å². The molecule has 0 heterocycles. The number of benzene rings is 2. The number of hydrogen-bond donors (Lipinski definition) is 3. The molecule has 0 bridgehead atoms. The van der Waals surface area contributed by atoms with E-state index in [-0.39, 0.29) is 24.0 Å². The van der Waals surface area contributed by atoms with E-state index >= 15 is 0 Å².